The number of pyridine rings is 1. The fourth-order valence-electron chi connectivity index (χ4n) is 3.03. The number of hydrogen-bond acceptors (Lipinski definition) is 4. The molecule has 0 aliphatic heterocycles. The Morgan fingerprint density at radius 1 is 1.17 bits per heavy atom. The van der Waals surface area contributed by atoms with Crippen LogP contribution in [0.3, 0.4) is 0 Å². The van der Waals surface area contributed by atoms with E-state index in [9.17, 15) is 22.8 Å². The van der Waals surface area contributed by atoms with Crippen LogP contribution in [0.5, 0.6) is 0 Å². The van der Waals surface area contributed by atoms with Crippen molar-refractivity contribution in [2.75, 3.05) is 23.3 Å². The third kappa shape index (κ3) is 4.53. The number of para-hydroxylation sites is 1. The quantitative estimate of drug-likeness (QED) is 0.530. The van der Waals surface area contributed by atoms with Crippen molar-refractivity contribution >= 4 is 34.5 Å². The lowest BCUT2D eigenvalue weighted by Gasteiger charge is -2.23. The van der Waals surface area contributed by atoms with Gasteiger partial charge in [0.15, 0.2) is 0 Å². The van der Waals surface area contributed by atoms with E-state index in [0.717, 1.165) is 6.07 Å². The second-order valence-electron chi connectivity index (χ2n) is 6.41. The lowest BCUT2D eigenvalue weighted by molar-refractivity contribution is -0.141. The molecule has 0 spiro atoms. The number of nitrogens with zero attached hydrogens (tertiary/aromatic N) is 2. The highest BCUT2D eigenvalue weighted by molar-refractivity contribution is 6.06. The number of H-pyrrole nitrogens is 2. The Hall–Kier alpha value is -3.56. The van der Waals surface area contributed by atoms with Crippen molar-refractivity contribution in [3.63, 3.8) is 0 Å². The van der Waals surface area contributed by atoms with Gasteiger partial charge in [-0.15, -0.1) is 0 Å². The Bertz CT molecular complexity index is 1140. The Morgan fingerprint density at radius 2 is 1.90 bits per heavy atom. The van der Waals surface area contributed by atoms with Gasteiger partial charge in [0, 0.05) is 24.7 Å². The van der Waals surface area contributed by atoms with Gasteiger partial charge in [-0.25, -0.2) is 9.78 Å². The van der Waals surface area contributed by atoms with Crippen molar-refractivity contribution < 1.29 is 18.0 Å². The maximum atomic E-state index is 13.1. The molecular weight excluding hydrogens is 399 g/mol. The molecule has 0 aliphatic rings. The number of carbonyl (C=O) groups is 1. The predicted molar refractivity (Wildman–Crippen MR) is 109 cm³/mol. The van der Waals surface area contributed by atoms with Crippen LogP contribution >= 0.6 is 0 Å². The van der Waals surface area contributed by atoms with Gasteiger partial charge in [-0.2, -0.15) is 13.2 Å². The molecule has 0 atom stereocenters. The maximum absolute atomic E-state index is 13.1. The fourth-order valence-corrected chi connectivity index (χ4v) is 3.03. The highest BCUT2D eigenvalue weighted by Crippen LogP contribution is 2.31. The molecule has 0 bridgehead atoms. The van der Waals surface area contributed by atoms with E-state index < -0.39 is 23.5 Å². The predicted octanol–water partition coefficient (Wildman–Crippen LogP) is 3.77. The standard InChI is InChI=1S/C20H20F3N5O2/c1-3-28(4-2)18-12(8-10-15(26-18)20(21,22)23)9-11-16(29)24-13-6-5-7-14-17(13)27-19(30)25-14/h5-11H,3-4H2,1-2H3,(H,24,29)(H2,25,27,30)/b11-9+. The lowest BCUT2D eigenvalue weighted by atomic mass is 10.2. The first-order chi connectivity index (χ1) is 14.2. The van der Waals surface area contributed by atoms with Crippen molar-refractivity contribution in [2.45, 2.75) is 20.0 Å². The van der Waals surface area contributed by atoms with Crippen LogP contribution in [0.1, 0.15) is 25.1 Å². The van der Waals surface area contributed by atoms with E-state index in [1.54, 1.807) is 23.1 Å². The van der Waals surface area contributed by atoms with Crippen molar-refractivity contribution in [1.29, 1.82) is 0 Å². The van der Waals surface area contributed by atoms with E-state index in [-0.39, 0.29) is 5.82 Å². The number of alkyl halides is 3. The highest BCUT2D eigenvalue weighted by Gasteiger charge is 2.33. The summed E-state index contributed by atoms with van der Waals surface area (Å²) in [6.45, 7) is 4.54. The number of hydrogen-bond donors (Lipinski definition) is 3. The lowest BCUT2D eigenvalue weighted by Crippen LogP contribution is -2.25. The summed E-state index contributed by atoms with van der Waals surface area (Å²) >= 11 is 0. The number of imidazole rings is 1. The summed E-state index contributed by atoms with van der Waals surface area (Å²) < 4.78 is 39.2. The fraction of sp³-hybridized carbons (Fsp3) is 0.250. The number of halogens is 3. The van der Waals surface area contributed by atoms with E-state index in [2.05, 4.69) is 20.3 Å². The number of benzene rings is 1. The van der Waals surface area contributed by atoms with Crippen LogP contribution in [0, 0.1) is 0 Å². The second kappa shape index (κ2) is 8.44. The van der Waals surface area contributed by atoms with Gasteiger partial charge in [0.25, 0.3) is 0 Å². The van der Waals surface area contributed by atoms with E-state index in [0.29, 0.717) is 35.4 Å². The van der Waals surface area contributed by atoms with Gasteiger partial charge in [-0.3, -0.25) is 4.79 Å². The van der Waals surface area contributed by atoms with Crippen molar-refractivity contribution in [1.82, 2.24) is 15.0 Å². The first-order valence-electron chi connectivity index (χ1n) is 9.26. The third-order valence-corrected chi connectivity index (χ3v) is 4.48. The topological polar surface area (TPSA) is 93.9 Å². The first kappa shape index (κ1) is 21.2. The number of amides is 1. The summed E-state index contributed by atoms with van der Waals surface area (Å²) in [6, 6.07) is 7.15. The molecule has 0 aliphatic carbocycles. The minimum absolute atomic E-state index is 0.149. The van der Waals surface area contributed by atoms with Gasteiger partial charge >= 0.3 is 11.9 Å². The first-order valence-corrected chi connectivity index (χ1v) is 9.26. The molecule has 3 aromatic rings. The zero-order valence-electron chi connectivity index (χ0n) is 16.3. The third-order valence-electron chi connectivity index (χ3n) is 4.48. The van der Waals surface area contributed by atoms with Gasteiger partial charge in [0.2, 0.25) is 5.91 Å². The molecule has 2 aromatic heterocycles. The van der Waals surface area contributed by atoms with Gasteiger partial charge in [0.05, 0.1) is 16.7 Å². The Morgan fingerprint density at radius 3 is 2.57 bits per heavy atom. The van der Waals surface area contributed by atoms with Gasteiger partial charge in [-0.05, 0) is 44.2 Å². The van der Waals surface area contributed by atoms with Gasteiger partial charge < -0.3 is 20.2 Å². The monoisotopic (exact) mass is 419 g/mol. The molecule has 7 nitrogen and oxygen atoms in total. The SMILES string of the molecule is CCN(CC)c1nc(C(F)(F)F)ccc1/C=C/C(=O)Nc1cccc2[nH]c(=O)[nH]c12. The molecular formula is C20H20F3N5O2. The second-order valence-corrected chi connectivity index (χ2v) is 6.41. The minimum atomic E-state index is -4.56. The number of fused-ring (bicyclic) bond motifs is 1. The summed E-state index contributed by atoms with van der Waals surface area (Å²) in [5, 5.41) is 2.65. The molecule has 0 radical (unpaired) electrons. The van der Waals surface area contributed by atoms with Crippen LogP contribution in [-0.2, 0) is 11.0 Å². The Kier molecular flexibility index (Phi) is 5.95. The number of rotatable bonds is 6. The number of aromatic nitrogens is 3. The molecule has 3 N–H and O–H groups in total. The molecule has 2 heterocycles. The summed E-state index contributed by atoms with van der Waals surface area (Å²) in [7, 11) is 0. The Labute approximate surface area is 169 Å². The maximum Gasteiger partial charge on any atom is 0.433 e. The number of carbonyl (C=O) groups excluding carboxylic acids is 1. The summed E-state index contributed by atoms with van der Waals surface area (Å²) in [5.74, 6) is -0.356. The van der Waals surface area contributed by atoms with E-state index in [1.807, 2.05) is 13.8 Å². The van der Waals surface area contributed by atoms with Gasteiger partial charge in [-0.1, -0.05) is 6.07 Å². The number of aromatic amines is 2. The molecule has 158 valence electrons. The van der Waals surface area contributed by atoms with Crippen LogP contribution in [0.2, 0.25) is 0 Å². The van der Waals surface area contributed by atoms with Crippen LogP contribution < -0.4 is 15.9 Å². The number of nitrogens with one attached hydrogen (secondary N) is 3. The molecule has 0 fully saturated rings. The summed E-state index contributed by atoms with van der Waals surface area (Å²) in [4.78, 5) is 34.5. The smallest absolute Gasteiger partial charge is 0.357 e. The molecule has 10 heteroatoms. The van der Waals surface area contributed by atoms with Crippen molar-refractivity contribution in [3.05, 3.63) is 58.1 Å². The van der Waals surface area contributed by atoms with E-state index >= 15 is 0 Å². The van der Waals surface area contributed by atoms with Gasteiger partial charge in [0.1, 0.15) is 11.5 Å². The molecule has 1 aromatic carbocycles. The molecule has 0 unspecified atom stereocenters. The molecule has 0 saturated carbocycles. The molecule has 1 amide bonds. The van der Waals surface area contributed by atoms with Crippen LogP contribution in [-0.4, -0.2) is 33.9 Å². The molecule has 3 rings (SSSR count). The van der Waals surface area contributed by atoms with Crippen LogP contribution in [0.25, 0.3) is 17.1 Å². The van der Waals surface area contributed by atoms with E-state index in [1.165, 1.54) is 18.2 Å². The number of anilines is 2. The van der Waals surface area contributed by atoms with Crippen LogP contribution in [0.4, 0.5) is 24.7 Å². The average Bonchev–Trinajstić information content (AvgIpc) is 3.08. The molecule has 30 heavy (non-hydrogen) atoms. The van der Waals surface area contributed by atoms with Crippen molar-refractivity contribution in [3.8, 4) is 0 Å². The van der Waals surface area contributed by atoms with Crippen molar-refractivity contribution in [2.24, 2.45) is 0 Å². The highest BCUT2D eigenvalue weighted by atomic mass is 19.4. The largest absolute Gasteiger partial charge is 0.433 e. The average molecular weight is 419 g/mol. The summed E-state index contributed by atoms with van der Waals surface area (Å²) in [6.07, 6.45) is -1.94. The normalized spacial score (nSPS) is 11.9. The zero-order valence-corrected chi connectivity index (χ0v) is 16.3. The Balaban J connectivity index is 1.88. The zero-order chi connectivity index (χ0) is 21.9. The minimum Gasteiger partial charge on any atom is -0.357 e. The summed E-state index contributed by atoms with van der Waals surface area (Å²) in [5.41, 5.74) is 0.378. The van der Waals surface area contributed by atoms with Crippen LogP contribution in [0.15, 0.2) is 41.2 Å². The molecule has 0 saturated heterocycles. The van der Waals surface area contributed by atoms with E-state index in [4.69, 9.17) is 0 Å².